The lowest BCUT2D eigenvalue weighted by Gasteiger charge is -2.58. The number of carbonyl (C=O) groups is 3. The van der Waals surface area contributed by atoms with Crippen molar-refractivity contribution in [1.82, 2.24) is 0 Å². The van der Waals surface area contributed by atoms with Crippen LogP contribution in [0.2, 0.25) is 0 Å². The van der Waals surface area contributed by atoms with Gasteiger partial charge in [-0.2, -0.15) is 0 Å². The average Bonchev–Trinajstić information content (AvgIpc) is 2.85. The van der Waals surface area contributed by atoms with Gasteiger partial charge in [0.2, 0.25) is 0 Å². The Morgan fingerprint density at radius 3 is 2.32 bits per heavy atom. The Morgan fingerprint density at radius 1 is 1.07 bits per heavy atom. The van der Waals surface area contributed by atoms with E-state index in [1.165, 1.54) is 31.3 Å². The van der Waals surface area contributed by atoms with E-state index in [-0.39, 0.29) is 16.7 Å². The highest BCUT2D eigenvalue weighted by molar-refractivity contribution is 5.91. The number of aliphatic carboxylic acids is 1. The molecule has 0 amide bonds. The second kappa shape index (κ2) is 7.42. The van der Waals surface area contributed by atoms with Crippen LogP contribution >= 0.6 is 0 Å². The van der Waals surface area contributed by atoms with E-state index in [0.29, 0.717) is 23.4 Å². The van der Waals surface area contributed by atoms with Crippen LogP contribution in [0.3, 0.4) is 0 Å². The second-order valence-electron chi connectivity index (χ2n) is 10.3. The van der Waals surface area contributed by atoms with E-state index in [1.54, 1.807) is 0 Å². The highest BCUT2D eigenvalue weighted by Gasteiger charge is 2.61. The SMILES string of the molecule is CC(=O)O.CC(=O)[C@H]1C(C)C[C@H]2[C@@H]3CCC4=CC(=O)CC[C@]4(C)[C@H]3CC[C@]12C. The number of carbonyl (C=O) groups excluding carboxylic acids is 2. The molecule has 3 fully saturated rings. The molecule has 4 nitrogen and oxygen atoms in total. The smallest absolute Gasteiger partial charge is 0.300 e. The van der Waals surface area contributed by atoms with Gasteiger partial charge in [-0.3, -0.25) is 14.4 Å². The van der Waals surface area contributed by atoms with Gasteiger partial charge in [0, 0.05) is 19.3 Å². The van der Waals surface area contributed by atoms with Gasteiger partial charge in [-0.15, -0.1) is 0 Å². The van der Waals surface area contributed by atoms with Crippen LogP contribution in [0.4, 0.5) is 0 Å². The van der Waals surface area contributed by atoms with Crippen LogP contribution in [0, 0.1) is 40.4 Å². The zero-order chi connectivity index (χ0) is 20.9. The Bertz CT molecular complexity index is 703. The van der Waals surface area contributed by atoms with Crippen LogP contribution in [0.5, 0.6) is 0 Å². The van der Waals surface area contributed by atoms with Crippen molar-refractivity contribution in [2.45, 2.75) is 79.6 Å². The number of fused-ring (bicyclic) bond motifs is 5. The Labute approximate surface area is 169 Å². The van der Waals surface area contributed by atoms with Crippen molar-refractivity contribution >= 4 is 17.5 Å². The van der Waals surface area contributed by atoms with Crippen molar-refractivity contribution in [3.8, 4) is 0 Å². The van der Waals surface area contributed by atoms with Gasteiger partial charge >= 0.3 is 0 Å². The molecule has 4 rings (SSSR count). The zero-order valence-corrected chi connectivity index (χ0v) is 18.1. The Kier molecular flexibility index (Phi) is 5.64. The average molecular weight is 389 g/mol. The van der Waals surface area contributed by atoms with Gasteiger partial charge in [-0.05, 0) is 86.0 Å². The molecule has 1 unspecified atom stereocenters. The van der Waals surface area contributed by atoms with Gasteiger partial charge in [-0.1, -0.05) is 26.3 Å². The molecular weight excluding hydrogens is 352 g/mol. The normalized spacial score (nSPS) is 44.2. The fourth-order valence-corrected chi connectivity index (χ4v) is 7.79. The van der Waals surface area contributed by atoms with Gasteiger partial charge in [0.15, 0.2) is 5.78 Å². The minimum Gasteiger partial charge on any atom is -0.481 e. The van der Waals surface area contributed by atoms with E-state index >= 15 is 0 Å². The zero-order valence-electron chi connectivity index (χ0n) is 18.1. The summed E-state index contributed by atoms with van der Waals surface area (Å²) in [5, 5.41) is 7.42. The molecule has 0 aliphatic heterocycles. The topological polar surface area (TPSA) is 71.4 Å². The van der Waals surface area contributed by atoms with Gasteiger partial charge in [0.1, 0.15) is 5.78 Å². The highest BCUT2D eigenvalue weighted by Crippen LogP contribution is 2.67. The molecule has 1 N–H and O–H groups in total. The van der Waals surface area contributed by atoms with Crippen molar-refractivity contribution in [2.24, 2.45) is 40.4 Å². The van der Waals surface area contributed by atoms with E-state index in [4.69, 9.17) is 9.90 Å². The number of ketones is 2. The van der Waals surface area contributed by atoms with E-state index in [1.807, 2.05) is 13.0 Å². The first-order chi connectivity index (χ1) is 13.0. The van der Waals surface area contributed by atoms with Crippen molar-refractivity contribution in [3.05, 3.63) is 11.6 Å². The molecule has 28 heavy (non-hydrogen) atoms. The maximum atomic E-state index is 12.4. The molecule has 0 saturated heterocycles. The number of carboxylic acid groups (broad SMARTS) is 1. The summed E-state index contributed by atoms with van der Waals surface area (Å²) in [7, 11) is 0. The molecule has 156 valence electrons. The predicted molar refractivity (Wildman–Crippen MR) is 109 cm³/mol. The Balaban J connectivity index is 0.000000516. The summed E-state index contributed by atoms with van der Waals surface area (Å²) in [4.78, 5) is 33.3. The molecule has 0 heterocycles. The summed E-state index contributed by atoms with van der Waals surface area (Å²) >= 11 is 0. The van der Waals surface area contributed by atoms with Crippen LogP contribution < -0.4 is 0 Å². The lowest BCUT2D eigenvalue weighted by molar-refractivity contribution is -0.134. The maximum absolute atomic E-state index is 12.4. The molecule has 0 spiro atoms. The van der Waals surface area contributed by atoms with E-state index in [2.05, 4.69) is 20.8 Å². The van der Waals surface area contributed by atoms with E-state index in [9.17, 15) is 9.59 Å². The molecule has 4 aliphatic rings. The van der Waals surface area contributed by atoms with Gasteiger partial charge < -0.3 is 5.11 Å². The Morgan fingerprint density at radius 2 is 1.71 bits per heavy atom. The molecule has 7 atom stereocenters. The fourth-order valence-electron chi connectivity index (χ4n) is 7.79. The van der Waals surface area contributed by atoms with Gasteiger partial charge in [-0.25, -0.2) is 0 Å². The number of Topliss-reactive ketones (excluding diaryl/α,β-unsaturated/α-hetero) is 1. The summed E-state index contributed by atoms with van der Waals surface area (Å²) in [5.41, 5.74) is 1.90. The van der Waals surface area contributed by atoms with E-state index < -0.39 is 5.97 Å². The lowest BCUT2D eigenvalue weighted by atomic mass is 9.46. The maximum Gasteiger partial charge on any atom is 0.300 e. The van der Waals surface area contributed by atoms with Crippen molar-refractivity contribution in [2.75, 3.05) is 0 Å². The molecule has 0 radical (unpaired) electrons. The van der Waals surface area contributed by atoms with Gasteiger partial charge in [0.25, 0.3) is 5.97 Å². The third kappa shape index (κ3) is 3.37. The number of hydrogen-bond acceptors (Lipinski definition) is 3. The van der Waals surface area contributed by atoms with Crippen LogP contribution in [0.1, 0.15) is 79.6 Å². The summed E-state index contributed by atoms with van der Waals surface area (Å²) in [5.74, 6) is 2.91. The monoisotopic (exact) mass is 388 g/mol. The minimum atomic E-state index is -0.833. The highest BCUT2D eigenvalue weighted by atomic mass is 16.4. The van der Waals surface area contributed by atoms with Crippen LogP contribution in [-0.4, -0.2) is 22.6 Å². The molecule has 0 aromatic heterocycles. The minimum absolute atomic E-state index is 0.217. The van der Waals surface area contributed by atoms with Gasteiger partial charge in [0.05, 0.1) is 0 Å². The number of hydrogen-bond donors (Lipinski definition) is 1. The molecule has 0 aromatic carbocycles. The van der Waals surface area contributed by atoms with Crippen molar-refractivity contribution in [1.29, 1.82) is 0 Å². The van der Waals surface area contributed by atoms with E-state index in [0.717, 1.165) is 38.0 Å². The molecule has 3 saturated carbocycles. The fraction of sp³-hybridized carbons (Fsp3) is 0.792. The molecule has 0 aromatic rings. The number of rotatable bonds is 1. The first kappa shape index (κ1) is 21.3. The molecular formula is C24H36O4. The number of carboxylic acids is 1. The van der Waals surface area contributed by atoms with Crippen LogP contribution in [0.25, 0.3) is 0 Å². The van der Waals surface area contributed by atoms with Crippen LogP contribution in [0.15, 0.2) is 11.6 Å². The third-order valence-electron chi connectivity index (χ3n) is 8.74. The van der Waals surface area contributed by atoms with Crippen molar-refractivity contribution in [3.63, 3.8) is 0 Å². The summed E-state index contributed by atoms with van der Waals surface area (Å²) in [6, 6.07) is 0. The largest absolute Gasteiger partial charge is 0.481 e. The third-order valence-corrected chi connectivity index (χ3v) is 8.74. The van der Waals surface area contributed by atoms with Crippen LogP contribution in [-0.2, 0) is 14.4 Å². The standard InChI is InChI=1S/C22H32O2.C2H4O2/c1-13-11-19-17-6-5-15-12-16(24)7-9-21(15,3)18(17)8-10-22(19,4)20(13)14(2)23;1-2(3)4/h12-13,17-20H,5-11H2,1-4H3;1H3,(H,3,4)/t13?,17-,18+,19+,20-,21+,22+;/m1./s1. The quantitative estimate of drug-likeness (QED) is 0.681. The molecule has 4 aliphatic carbocycles. The summed E-state index contributed by atoms with van der Waals surface area (Å²) in [6.45, 7) is 10.1. The predicted octanol–water partition coefficient (Wildman–Crippen LogP) is 5.06. The second-order valence-corrected chi connectivity index (χ2v) is 10.3. The lowest BCUT2D eigenvalue weighted by Crippen LogP contribution is -2.51. The Hall–Kier alpha value is -1.45. The first-order valence-corrected chi connectivity index (χ1v) is 10.9. The molecule has 4 heteroatoms. The van der Waals surface area contributed by atoms with Crippen molar-refractivity contribution < 1.29 is 19.5 Å². The summed E-state index contributed by atoms with van der Waals surface area (Å²) in [6.07, 6.45) is 9.79. The number of allylic oxidation sites excluding steroid dienone is 1. The molecule has 0 bridgehead atoms. The first-order valence-electron chi connectivity index (χ1n) is 10.9. The summed E-state index contributed by atoms with van der Waals surface area (Å²) < 4.78 is 0.